The van der Waals surface area contributed by atoms with Crippen LogP contribution in [0, 0.1) is 5.92 Å². The molecule has 16 heavy (non-hydrogen) atoms. The summed E-state index contributed by atoms with van der Waals surface area (Å²) in [7, 11) is 0. The second-order valence-corrected chi connectivity index (χ2v) is 5.23. The Bertz CT molecular complexity index is 321. The van der Waals surface area contributed by atoms with Gasteiger partial charge in [0, 0.05) is 17.4 Å². The molecule has 0 amide bonds. The van der Waals surface area contributed by atoms with Gasteiger partial charge in [-0.15, -0.1) is 11.8 Å². The minimum atomic E-state index is 0.569. The van der Waals surface area contributed by atoms with Crippen LogP contribution in [-0.2, 0) is 4.74 Å². The highest BCUT2D eigenvalue weighted by atomic mass is 32.2. The van der Waals surface area contributed by atoms with Crippen LogP contribution in [0.3, 0.4) is 0 Å². The number of ether oxygens (including phenoxy) is 2. The zero-order chi connectivity index (χ0) is 11.2. The van der Waals surface area contributed by atoms with E-state index in [9.17, 15) is 0 Å². The van der Waals surface area contributed by atoms with Crippen molar-refractivity contribution in [3.8, 4) is 5.75 Å². The Morgan fingerprint density at radius 1 is 1.44 bits per heavy atom. The lowest BCUT2D eigenvalue weighted by Crippen LogP contribution is -2.11. The van der Waals surface area contributed by atoms with E-state index in [-0.39, 0.29) is 0 Å². The molecule has 2 nitrogen and oxygen atoms in total. The van der Waals surface area contributed by atoms with Crippen LogP contribution in [0.25, 0.3) is 0 Å². The van der Waals surface area contributed by atoms with Crippen molar-refractivity contribution in [1.29, 1.82) is 0 Å². The summed E-state index contributed by atoms with van der Waals surface area (Å²) < 4.78 is 11.2. The minimum Gasteiger partial charge on any atom is -0.492 e. The molecule has 88 valence electrons. The first kappa shape index (κ1) is 11.8. The van der Waals surface area contributed by atoms with Gasteiger partial charge >= 0.3 is 0 Å². The molecule has 0 bridgehead atoms. The molecule has 1 aromatic carbocycles. The van der Waals surface area contributed by atoms with Gasteiger partial charge in [0.2, 0.25) is 0 Å². The van der Waals surface area contributed by atoms with Crippen LogP contribution in [0.2, 0.25) is 0 Å². The summed E-state index contributed by atoms with van der Waals surface area (Å²) in [6.07, 6.45) is 1.13. The average Bonchev–Trinajstić information content (AvgIpc) is 2.81. The predicted octanol–water partition coefficient (Wildman–Crippen LogP) is 3.21. The highest BCUT2D eigenvalue weighted by Gasteiger charge is 2.16. The average molecular weight is 238 g/mol. The van der Waals surface area contributed by atoms with E-state index in [1.54, 1.807) is 0 Å². The molecular weight excluding hydrogens is 220 g/mol. The maximum Gasteiger partial charge on any atom is 0.132 e. The number of benzene rings is 1. The van der Waals surface area contributed by atoms with Gasteiger partial charge in [-0.25, -0.2) is 0 Å². The normalized spacial score (nSPS) is 19.9. The largest absolute Gasteiger partial charge is 0.492 e. The van der Waals surface area contributed by atoms with Crippen LogP contribution in [0.15, 0.2) is 29.2 Å². The third-order valence-electron chi connectivity index (χ3n) is 2.65. The Balaban J connectivity index is 1.91. The second-order valence-electron chi connectivity index (χ2n) is 3.92. The molecule has 2 rings (SSSR count). The summed E-state index contributed by atoms with van der Waals surface area (Å²) in [4.78, 5) is 1.24. The molecule has 1 aliphatic heterocycles. The fourth-order valence-electron chi connectivity index (χ4n) is 1.77. The van der Waals surface area contributed by atoms with Gasteiger partial charge in [0.25, 0.3) is 0 Å². The van der Waals surface area contributed by atoms with Crippen LogP contribution in [-0.4, -0.2) is 25.6 Å². The molecule has 0 aliphatic carbocycles. The summed E-state index contributed by atoms with van der Waals surface area (Å²) in [5, 5.41) is 0. The lowest BCUT2D eigenvalue weighted by atomic mass is 10.1. The van der Waals surface area contributed by atoms with Crippen molar-refractivity contribution in [3.63, 3.8) is 0 Å². The van der Waals surface area contributed by atoms with E-state index in [1.807, 2.05) is 23.9 Å². The molecule has 1 fully saturated rings. The van der Waals surface area contributed by atoms with Gasteiger partial charge in [-0.05, 0) is 24.3 Å². The summed E-state index contributed by atoms with van der Waals surface area (Å²) in [5.74, 6) is 2.66. The minimum absolute atomic E-state index is 0.569. The lowest BCUT2D eigenvalue weighted by molar-refractivity contribution is 0.166. The third-order valence-corrected chi connectivity index (χ3v) is 3.58. The summed E-state index contributed by atoms with van der Waals surface area (Å²) in [6, 6.07) is 8.26. The van der Waals surface area contributed by atoms with Crippen LogP contribution < -0.4 is 4.74 Å². The Morgan fingerprint density at radius 3 is 3.06 bits per heavy atom. The van der Waals surface area contributed by atoms with Crippen molar-refractivity contribution < 1.29 is 9.47 Å². The number of thioether (sulfide) groups is 1. The Kier molecular flexibility index (Phi) is 4.55. The number of hydrogen-bond acceptors (Lipinski definition) is 3. The molecule has 0 unspecified atom stereocenters. The summed E-state index contributed by atoms with van der Waals surface area (Å²) in [6.45, 7) is 4.68. The van der Waals surface area contributed by atoms with Crippen molar-refractivity contribution in [2.75, 3.05) is 25.6 Å². The van der Waals surface area contributed by atoms with Gasteiger partial charge in [-0.1, -0.05) is 19.1 Å². The smallest absolute Gasteiger partial charge is 0.132 e. The van der Waals surface area contributed by atoms with Gasteiger partial charge < -0.3 is 9.47 Å². The molecule has 0 aromatic heterocycles. The summed E-state index contributed by atoms with van der Waals surface area (Å²) in [5.41, 5.74) is 0. The maximum absolute atomic E-state index is 5.87. The molecule has 0 radical (unpaired) electrons. The lowest BCUT2D eigenvalue weighted by Gasteiger charge is -2.13. The van der Waals surface area contributed by atoms with Crippen LogP contribution in [0.5, 0.6) is 5.75 Å². The van der Waals surface area contributed by atoms with Crippen LogP contribution in [0.1, 0.15) is 13.3 Å². The zero-order valence-corrected chi connectivity index (χ0v) is 10.5. The molecule has 0 saturated carbocycles. The van der Waals surface area contributed by atoms with Crippen LogP contribution >= 0.6 is 11.8 Å². The molecule has 1 aromatic rings. The van der Waals surface area contributed by atoms with E-state index in [1.165, 1.54) is 4.90 Å². The third kappa shape index (κ3) is 3.16. The quantitative estimate of drug-likeness (QED) is 0.734. The molecular formula is C13H18O2S. The second kappa shape index (κ2) is 6.16. The topological polar surface area (TPSA) is 18.5 Å². The van der Waals surface area contributed by atoms with E-state index in [0.717, 1.165) is 37.7 Å². The fourth-order valence-corrected chi connectivity index (χ4v) is 2.52. The first-order valence-corrected chi connectivity index (χ1v) is 6.81. The maximum atomic E-state index is 5.87. The van der Waals surface area contributed by atoms with Crippen molar-refractivity contribution >= 4 is 11.8 Å². The first-order valence-electron chi connectivity index (χ1n) is 5.82. The van der Waals surface area contributed by atoms with Crippen molar-refractivity contribution in [2.45, 2.75) is 18.2 Å². The first-order chi connectivity index (χ1) is 7.90. The monoisotopic (exact) mass is 238 g/mol. The van der Waals surface area contributed by atoms with E-state index < -0.39 is 0 Å². The fraction of sp³-hybridized carbons (Fsp3) is 0.538. The highest BCUT2D eigenvalue weighted by Crippen LogP contribution is 2.29. The van der Waals surface area contributed by atoms with Crippen molar-refractivity contribution in [3.05, 3.63) is 24.3 Å². The standard InChI is InChI=1S/C13H18O2S/c1-2-16-13-6-4-3-5-12(13)15-10-11-7-8-14-9-11/h3-6,11H,2,7-10H2,1H3/t11-/m1/s1. The highest BCUT2D eigenvalue weighted by molar-refractivity contribution is 7.99. The molecule has 1 heterocycles. The Hall–Kier alpha value is -0.670. The van der Waals surface area contributed by atoms with Crippen molar-refractivity contribution in [1.82, 2.24) is 0 Å². The number of hydrogen-bond donors (Lipinski definition) is 0. The molecule has 1 atom stereocenters. The SMILES string of the molecule is CCSc1ccccc1OC[C@@H]1CCOC1. The molecule has 0 N–H and O–H groups in total. The molecule has 3 heteroatoms. The van der Waals surface area contributed by atoms with Gasteiger partial charge in [0.05, 0.1) is 13.2 Å². The Labute approximate surface area is 101 Å². The van der Waals surface area contributed by atoms with E-state index in [4.69, 9.17) is 9.47 Å². The molecule has 0 spiro atoms. The van der Waals surface area contributed by atoms with Crippen molar-refractivity contribution in [2.24, 2.45) is 5.92 Å². The van der Waals surface area contributed by atoms with E-state index in [2.05, 4.69) is 19.1 Å². The van der Waals surface area contributed by atoms with Gasteiger partial charge in [-0.3, -0.25) is 0 Å². The molecule has 1 saturated heterocycles. The predicted molar refractivity (Wildman–Crippen MR) is 67.3 cm³/mol. The zero-order valence-electron chi connectivity index (χ0n) is 9.65. The molecule has 1 aliphatic rings. The Morgan fingerprint density at radius 2 is 2.31 bits per heavy atom. The van der Waals surface area contributed by atoms with E-state index >= 15 is 0 Å². The van der Waals surface area contributed by atoms with Gasteiger partial charge in [-0.2, -0.15) is 0 Å². The van der Waals surface area contributed by atoms with Gasteiger partial charge in [0.1, 0.15) is 5.75 Å². The van der Waals surface area contributed by atoms with Crippen LogP contribution in [0.4, 0.5) is 0 Å². The summed E-state index contributed by atoms with van der Waals surface area (Å²) >= 11 is 1.83. The number of para-hydroxylation sites is 1. The number of rotatable bonds is 5. The van der Waals surface area contributed by atoms with E-state index in [0.29, 0.717) is 5.92 Å². The van der Waals surface area contributed by atoms with Gasteiger partial charge in [0.15, 0.2) is 0 Å².